The number of anilines is 1. The zero-order valence-corrected chi connectivity index (χ0v) is 17.3. The van der Waals surface area contributed by atoms with E-state index >= 15 is 0 Å². The van der Waals surface area contributed by atoms with Crippen molar-refractivity contribution in [1.29, 1.82) is 0 Å². The fourth-order valence-electron chi connectivity index (χ4n) is 3.07. The van der Waals surface area contributed by atoms with Crippen LogP contribution < -0.4 is 10.1 Å². The van der Waals surface area contributed by atoms with E-state index in [1.165, 1.54) is 0 Å². The van der Waals surface area contributed by atoms with Crippen LogP contribution in [0.25, 0.3) is 6.08 Å². The highest BCUT2D eigenvalue weighted by Gasteiger charge is 2.23. The Morgan fingerprint density at radius 3 is 2.45 bits per heavy atom. The molecular weight excluding hydrogens is 390 g/mol. The van der Waals surface area contributed by atoms with Crippen LogP contribution >= 0.6 is 11.6 Å². The summed E-state index contributed by atoms with van der Waals surface area (Å²) in [6.07, 6.45) is 3.29. The van der Waals surface area contributed by atoms with Crippen LogP contribution in [-0.2, 0) is 4.79 Å². The molecule has 0 spiro atoms. The van der Waals surface area contributed by atoms with Gasteiger partial charge < -0.3 is 19.9 Å². The van der Waals surface area contributed by atoms with Gasteiger partial charge in [0.2, 0.25) is 5.91 Å². The number of urea groups is 1. The number of methoxy groups -OCH3 is 1. The first kappa shape index (κ1) is 20.7. The van der Waals surface area contributed by atoms with Crippen molar-refractivity contribution in [3.05, 3.63) is 64.7 Å². The van der Waals surface area contributed by atoms with Gasteiger partial charge in [0, 0.05) is 48.5 Å². The number of rotatable bonds is 4. The van der Waals surface area contributed by atoms with Crippen LogP contribution in [0.15, 0.2) is 48.5 Å². The summed E-state index contributed by atoms with van der Waals surface area (Å²) >= 11 is 6.11. The van der Waals surface area contributed by atoms with Crippen LogP contribution in [0, 0.1) is 6.92 Å². The number of piperazine rings is 1. The van der Waals surface area contributed by atoms with Crippen molar-refractivity contribution in [2.24, 2.45) is 0 Å². The molecule has 152 valence electrons. The van der Waals surface area contributed by atoms with Gasteiger partial charge in [-0.3, -0.25) is 4.79 Å². The fraction of sp³-hybridized carbons (Fsp3) is 0.273. The Hall–Kier alpha value is -2.99. The summed E-state index contributed by atoms with van der Waals surface area (Å²) in [7, 11) is 1.60. The van der Waals surface area contributed by atoms with Crippen LogP contribution in [0.5, 0.6) is 5.75 Å². The van der Waals surface area contributed by atoms with E-state index < -0.39 is 0 Å². The molecule has 1 aliphatic rings. The average Bonchev–Trinajstić information content (AvgIpc) is 2.75. The lowest BCUT2D eigenvalue weighted by atomic mass is 10.2. The maximum atomic E-state index is 12.5. The largest absolute Gasteiger partial charge is 0.496 e. The number of amides is 3. The smallest absolute Gasteiger partial charge is 0.321 e. The second kappa shape index (κ2) is 9.47. The Morgan fingerprint density at radius 1 is 1.07 bits per heavy atom. The number of aryl methyl sites for hydroxylation is 1. The van der Waals surface area contributed by atoms with Gasteiger partial charge in [0.15, 0.2) is 0 Å². The Bertz CT molecular complexity index is 921. The third kappa shape index (κ3) is 5.29. The molecule has 1 heterocycles. The quantitative estimate of drug-likeness (QED) is 0.769. The minimum absolute atomic E-state index is 0.0821. The molecule has 29 heavy (non-hydrogen) atoms. The van der Waals surface area contributed by atoms with Gasteiger partial charge in [-0.15, -0.1) is 0 Å². The summed E-state index contributed by atoms with van der Waals surface area (Å²) in [6.45, 7) is 3.82. The summed E-state index contributed by atoms with van der Waals surface area (Å²) in [5, 5.41) is 3.47. The van der Waals surface area contributed by atoms with Gasteiger partial charge in [-0.25, -0.2) is 4.79 Å². The molecule has 1 saturated heterocycles. The third-order valence-corrected chi connectivity index (χ3v) is 5.25. The van der Waals surface area contributed by atoms with Gasteiger partial charge in [0.25, 0.3) is 0 Å². The minimum Gasteiger partial charge on any atom is -0.496 e. The number of carbonyl (C=O) groups is 2. The van der Waals surface area contributed by atoms with Crippen LogP contribution in [0.4, 0.5) is 10.5 Å². The van der Waals surface area contributed by atoms with Crippen molar-refractivity contribution in [3.63, 3.8) is 0 Å². The summed E-state index contributed by atoms with van der Waals surface area (Å²) in [6, 6.07) is 12.7. The fourth-order valence-corrected chi connectivity index (χ4v) is 3.25. The number of nitrogens with one attached hydrogen (secondary N) is 1. The summed E-state index contributed by atoms with van der Waals surface area (Å²) in [5.74, 6) is 0.635. The lowest BCUT2D eigenvalue weighted by Crippen LogP contribution is -2.51. The number of halogens is 1. The standard InChI is InChI=1S/C22H24ClN3O3/c1-16-7-9-18(15-19(16)23)24-22(28)26-13-11-25(12-14-26)21(27)10-8-17-5-3-4-6-20(17)29-2/h3-10,15H,11-14H2,1-2H3,(H,24,28)/b10-8+. The van der Waals surface area contributed by atoms with E-state index in [9.17, 15) is 9.59 Å². The molecule has 1 aliphatic heterocycles. The number of benzene rings is 2. The van der Waals surface area contributed by atoms with E-state index in [-0.39, 0.29) is 11.9 Å². The minimum atomic E-state index is -0.193. The van der Waals surface area contributed by atoms with Gasteiger partial charge >= 0.3 is 6.03 Å². The molecule has 0 aliphatic carbocycles. The van der Waals surface area contributed by atoms with E-state index in [2.05, 4.69) is 5.32 Å². The molecule has 0 bridgehead atoms. The molecule has 3 rings (SSSR count). The molecule has 2 aromatic rings. The number of hydrogen-bond donors (Lipinski definition) is 1. The third-order valence-electron chi connectivity index (χ3n) is 4.85. The maximum absolute atomic E-state index is 12.5. The van der Waals surface area contributed by atoms with Crippen molar-refractivity contribution < 1.29 is 14.3 Å². The second-order valence-electron chi connectivity index (χ2n) is 6.78. The molecule has 6 nitrogen and oxygen atoms in total. The molecule has 0 radical (unpaired) electrons. The van der Waals surface area contributed by atoms with Gasteiger partial charge in [-0.2, -0.15) is 0 Å². The molecule has 0 unspecified atom stereocenters. The molecule has 2 aromatic carbocycles. The highest BCUT2D eigenvalue weighted by Crippen LogP contribution is 2.21. The topological polar surface area (TPSA) is 61.9 Å². The van der Waals surface area contributed by atoms with Crippen LogP contribution in [0.3, 0.4) is 0 Å². The highest BCUT2D eigenvalue weighted by atomic mass is 35.5. The SMILES string of the molecule is COc1ccccc1/C=C/C(=O)N1CCN(C(=O)Nc2ccc(C)c(Cl)c2)CC1. The zero-order chi connectivity index (χ0) is 20.8. The van der Waals surface area contributed by atoms with E-state index in [0.717, 1.165) is 11.1 Å². The van der Waals surface area contributed by atoms with Crippen molar-refractivity contribution in [2.45, 2.75) is 6.92 Å². The predicted molar refractivity (Wildman–Crippen MR) is 115 cm³/mol. The first-order valence-electron chi connectivity index (χ1n) is 9.40. The number of ether oxygens (including phenoxy) is 1. The van der Waals surface area contributed by atoms with Crippen LogP contribution in [0.1, 0.15) is 11.1 Å². The molecule has 0 saturated carbocycles. The summed E-state index contributed by atoms with van der Waals surface area (Å²) in [4.78, 5) is 28.4. The predicted octanol–water partition coefficient (Wildman–Crippen LogP) is 4.05. The summed E-state index contributed by atoms with van der Waals surface area (Å²) in [5.41, 5.74) is 2.46. The van der Waals surface area contributed by atoms with Crippen molar-refractivity contribution >= 4 is 35.3 Å². The molecule has 3 amide bonds. The maximum Gasteiger partial charge on any atom is 0.321 e. The van der Waals surface area contributed by atoms with E-state index in [1.807, 2.05) is 43.3 Å². The monoisotopic (exact) mass is 413 g/mol. The van der Waals surface area contributed by atoms with E-state index in [4.69, 9.17) is 16.3 Å². The normalized spacial score (nSPS) is 14.2. The lowest BCUT2D eigenvalue weighted by Gasteiger charge is -2.34. The van der Waals surface area contributed by atoms with E-state index in [1.54, 1.807) is 35.1 Å². The summed E-state index contributed by atoms with van der Waals surface area (Å²) < 4.78 is 5.29. The Kier molecular flexibility index (Phi) is 6.77. The van der Waals surface area contributed by atoms with Gasteiger partial charge in [-0.05, 0) is 36.8 Å². The van der Waals surface area contributed by atoms with Crippen molar-refractivity contribution in [3.8, 4) is 5.75 Å². The molecule has 0 atom stereocenters. The van der Waals surface area contributed by atoms with Crippen molar-refractivity contribution in [1.82, 2.24) is 9.80 Å². The molecule has 0 aromatic heterocycles. The second-order valence-corrected chi connectivity index (χ2v) is 7.19. The van der Waals surface area contributed by atoms with Crippen molar-refractivity contribution in [2.75, 3.05) is 38.6 Å². The lowest BCUT2D eigenvalue weighted by molar-refractivity contribution is -0.127. The van der Waals surface area contributed by atoms with Gasteiger partial charge in [0.1, 0.15) is 5.75 Å². The number of para-hydroxylation sites is 1. The van der Waals surface area contributed by atoms with Gasteiger partial charge in [-0.1, -0.05) is 35.9 Å². The zero-order valence-electron chi connectivity index (χ0n) is 16.5. The molecule has 7 heteroatoms. The number of hydrogen-bond acceptors (Lipinski definition) is 3. The molecular formula is C22H24ClN3O3. The Morgan fingerprint density at radius 2 is 1.76 bits per heavy atom. The number of nitrogens with zero attached hydrogens (tertiary/aromatic N) is 2. The first-order chi connectivity index (χ1) is 14.0. The Labute approximate surface area is 175 Å². The van der Waals surface area contributed by atoms with Crippen LogP contribution in [-0.4, -0.2) is 55.0 Å². The average molecular weight is 414 g/mol. The highest BCUT2D eigenvalue weighted by molar-refractivity contribution is 6.31. The van der Waals surface area contributed by atoms with Crippen LogP contribution in [0.2, 0.25) is 5.02 Å². The molecule has 1 fully saturated rings. The van der Waals surface area contributed by atoms with Gasteiger partial charge in [0.05, 0.1) is 7.11 Å². The number of carbonyl (C=O) groups excluding carboxylic acids is 2. The Balaban J connectivity index is 1.52. The van der Waals surface area contributed by atoms with E-state index in [0.29, 0.717) is 42.6 Å². The molecule has 1 N–H and O–H groups in total. The first-order valence-corrected chi connectivity index (χ1v) is 9.78.